The molecule has 3 rings (SSSR count). The minimum Gasteiger partial charge on any atom is -0.481 e. The van der Waals surface area contributed by atoms with Crippen LogP contribution in [0, 0.1) is 5.92 Å². The molecular weight excluding hydrogens is 266 g/mol. The Kier molecular flexibility index (Phi) is 4.00. The SMILES string of the molecule is NC1(c2ccc(C(C(=O)O)C3CCCCC3)cc2)COC1. The van der Waals surface area contributed by atoms with E-state index in [1.807, 2.05) is 24.3 Å². The van der Waals surface area contributed by atoms with Crippen LogP contribution in [0.4, 0.5) is 0 Å². The third-order valence-corrected chi connectivity index (χ3v) is 4.95. The first kappa shape index (κ1) is 14.5. The number of aliphatic carboxylic acids is 1. The first-order chi connectivity index (χ1) is 10.1. The van der Waals surface area contributed by atoms with Crippen molar-refractivity contribution in [1.82, 2.24) is 0 Å². The summed E-state index contributed by atoms with van der Waals surface area (Å²) >= 11 is 0. The van der Waals surface area contributed by atoms with Gasteiger partial charge in [-0.05, 0) is 29.9 Å². The molecule has 1 aromatic carbocycles. The topological polar surface area (TPSA) is 72.6 Å². The van der Waals surface area contributed by atoms with Gasteiger partial charge in [-0.15, -0.1) is 0 Å². The quantitative estimate of drug-likeness (QED) is 0.893. The molecule has 1 heterocycles. The smallest absolute Gasteiger partial charge is 0.311 e. The maximum atomic E-state index is 11.7. The second kappa shape index (κ2) is 5.78. The molecule has 1 aromatic rings. The van der Waals surface area contributed by atoms with Gasteiger partial charge in [0.25, 0.3) is 0 Å². The van der Waals surface area contributed by atoms with Gasteiger partial charge in [0, 0.05) is 0 Å². The lowest BCUT2D eigenvalue weighted by Gasteiger charge is -2.38. The average molecular weight is 289 g/mol. The maximum absolute atomic E-state index is 11.7. The zero-order chi connectivity index (χ0) is 14.9. The van der Waals surface area contributed by atoms with E-state index in [1.54, 1.807) is 0 Å². The van der Waals surface area contributed by atoms with Crippen LogP contribution in [0.25, 0.3) is 0 Å². The molecule has 1 saturated heterocycles. The van der Waals surface area contributed by atoms with Gasteiger partial charge in [-0.3, -0.25) is 4.79 Å². The number of benzene rings is 1. The van der Waals surface area contributed by atoms with Crippen molar-refractivity contribution in [3.8, 4) is 0 Å². The van der Waals surface area contributed by atoms with Crippen molar-refractivity contribution >= 4 is 5.97 Å². The first-order valence-electron chi connectivity index (χ1n) is 7.80. The predicted molar refractivity (Wildman–Crippen MR) is 80.1 cm³/mol. The number of nitrogens with two attached hydrogens (primary N) is 1. The summed E-state index contributed by atoms with van der Waals surface area (Å²) in [6, 6.07) is 7.82. The van der Waals surface area contributed by atoms with Gasteiger partial charge in [0.1, 0.15) is 0 Å². The van der Waals surface area contributed by atoms with E-state index in [4.69, 9.17) is 10.5 Å². The van der Waals surface area contributed by atoms with E-state index in [2.05, 4.69) is 0 Å². The van der Waals surface area contributed by atoms with Crippen LogP contribution in [-0.2, 0) is 15.1 Å². The van der Waals surface area contributed by atoms with Crippen LogP contribution in [0.1, 0.15) is 49.1 Å². The fraction of sp³-hybridized carbons (Fsp3) is 0.588. The van der Waals surface area contributed by atoms with Crippen molar-refractivity contribution in [2.75, 3.05) is 13.2 Å². The fourth-order valence-electron chi connectivity index (χ4n) is 3.59. The molecule has 1 atom stereocenters. The fourth-order valence-corrected chi connectivity index (χ4v) is 3.59. The third-order valence-electron chi connectivity index (χ3n) is 4.95. The summed E-state index contributed by atoms with van der Waals surface area (Å²) in [6.07, 6.45) is 5.57. The van der Waals surface area contributed by atoms with Gasteiger partial charge in [-0.1, -0.05) is 43.5 Å². The maximum Gasteiger partial charge on any atom is 0.311 e. The molecule has 2 fully saturated rings. The summed E-state index contributed by atoms with van der Waals surface area (Å²) in [5.74, 6) is -0.823. The highest BCUT2D eigenvalue weighted by molar-refractivity contribution is 5.76. The van der Waals surface area contributed by atoms with Crippen molar-refractivity contribution < 1.29 is 14.6 Å². The minimum absolute atomic E-state index is 0.265. The summed E-state index contributed by atoms with van der Waals surface area (Å²) < 4.78 is 5.18. The van der Waals surface area contributed by atoms with Crippen LogP contribution in [-0.4, -0.2) is 24.3 Å². The molecule has 0 spiro atoms. The van der Waals surface area contributed by atoms with Gasteiger partial charge < -0.3 is 15.6 Å². The molecule has 1 unspecified atom stereocenters. The molecule has 1 aliphatic carbocycles. The van der Waals surface area contributed by atoms with Gasteiger partial charge in [0.2, 0.25) is 0 Å². The molecule has 4 heteroatoms. The molecule has 0 radical (unpaired) electrons. The van der Waals surface area contributed by atoms with Gasteiger partial charge >= 0.3 is 5.97 Å². The summed E-state index contributed by atoms with van der Waals surface area (Å²) in [4.78, 5) is 11.7. The molecule has 1 saturated carbocycles. The molecule has 0 bridgehead atoms. The van der Waals surface area contributed by atoms with E-state index in [9.17, 15) is 9.90 Å². The number of hydrogen-bond acceptors (Lipinski definition) is 3. The van der Waals surface area contributed by atoms with Gasteiger partial charge in [-0.2, -0.15) is 0 Å². The highest BCUT2D eigenvalue weighted by atomic mass is 16.5. The normalized spacial score (nSPS) is 23.3. The van der Waals surface area contributed by atoms with Crippen molar-refractivity contribution in [3.05, 3.63) is 35.4 Å². The second-order valence-electron chi connectivity index (χ2n) is 6.48. The Morgan fingerprint density at radius 1 is 1.19 bits per heavy atom. The van der Waals surface area contributed by atoms with Crippen LogP contribution >= 0.6 is 0 Å². The van der Waals surface area contributed by atoms with Crippen LogP contribution < -0.4 is 5.73 Å². The number of ether oxygens (including phenoxy) is 1. The van der Waals surface area contributed by atoms with E-state index < -0.39 is 5.97 Å². The molecule has 4 nitrogen and oxygen atoms in total. The number of carboxylic acids is 1. The van der Waals surface area contributed by atoms with Crippen molar-refractivity contribution in [3.63, 3.8) is 0 Å². The molecule has 2 aliphatic rings. The van der Waals surface area contributed by atoms with Gasteiger partial charge in [-0.25, -0.2) is 0 Å². The lowest BCUT2D eigenvalue weighted by atomic mass is 9.76. The van der Waals surface area contributed by atoms with Crippen LogP contribution in [0.2, 0.25) is 0 Å². The number of carboxylic acid groups (broad SMARTS) is 1. The summed E-state index contributed by atoms with van der Waals surface area (Å²) in [6.45, 7) is 1.08. The molecule has 0 aromatic heterocycles. The number of carbonyl (C=O) groups is 1. The number of rotatable bonds is 4. The highest BCUT2D eigenvalue weighted by Gasteiger charge is 2.36. The Morgan fingerprint density at radius 3 is 2.29 bits per heavy atom. The lowest BCUT2D eigenvalue weighted by Crippen LogP contribution is -2.54. The van der Waals surface area contributed by atoms with Gasteiger partial charge in [0.15, 0.2) is 0 Å². The average Bonchev–Trinajstić information content (AvgIpc) is 2.46. The zero-order valence-electron chi connectivity index (χ0n) is 12.3. The molecule has 3 N–H and O–H groups in total. The Hall–Kier alpha value is -1.39. The third kappa shape index (κ3) is 2.83. The van der Waals surface area contributed by atoms with E-state index >= 15 is 0 Å². The van der Waals surface area contributed by atoms with Gasteiger partial charge in [0.05, 0.1) is 24.7 Å². The van der Waals surface area contributed by atoms with Crippen LogP contribution in [0.3, 0.4) is 0 Å². The lowest BCUT2D eigenvalue weighted by molar-refractivity contribution is -0.140. The molecule has 114 valence electrons. The minimum atomic E-state index is -0.705. The summed E-state index contributed by atoms with van der Waals surface area (Å²) in [5.41, 5.74) is 7.76. The molecule has 0 amide bonds. The highest BCUT2D eigenvalue weighted by Crippen LogP contribution is 2.37. The second-order valence-corrected chi connectivity index (χ2v) is 6.48. The Morgan fingerprint density at radius 2 is 1.81 bits per heavy atom. The predicted octanol–water partition coefficient (Wildman–Crippen LogP) is 2.62. The molecular formula is C17H23NO3. The van der Waals surface area contributed by atoms with E-state index in [1.165, 1.54) is 6.42 Å². The Bertz CT molecular complexity index is 501. The largest absolute Gasteiger partial charge is 0.481 e. The summed E-state index contributed by atoms with van der Waals surface area (Å²) in [5, 5.41) is 9.62. The summed E-state index contributed by atoms with van der Waals surface area (Å²) in [7, 11) is 0. The zero-order valence-corrected chi connectivity index (χ0v) is 12.3. The standard InChI is InChI=1S/C17H23NO3/c18-17(10-21-11-17)14-8-6-13(7-9-14)15(16(19)20)12-4-2-1-3-5-12/h6-9,12,15H,1-5,10-11,18H2,(H,19,20). The Labute approximate surface area is 125 Å². The molecule has 21 heavy (non-hydrogen) atoms. The molecule has 1 aliphatic heterocycles. The first-order valence-corrected chi connectivity index (χ1v) is 7.80. The Balaban J connectivity index is 1.81. The van der Waals surface area contributed by atoms with E-state index in [0.717, 1.165) is 36.8 Å². The van der Waals surface area contributed by atoms with E-state index in [-0.39, 0.29) is 17.4 Å². The van der Waals surface area contributed by atoms with Crippen LogP contribution in [0.5, 0.6) is 0 Å². The number of hydrogen-bond donors (Lipinski definition) is 2. The van der Waals surface area contributed by atoms with Crippen molar-refractivity contribution in [1.29, 1.82) is 0 Å². The van der Waals surface area contributed by atoms with Crippen LogP contribution in [0.15, 0.2) is 24.3 Å². The van der Waals surface area contributed by atoms with Crippen molar-refractivity contribution in [2.24, 2.45) is 11.7 Å². The van der Waals surface area contributed by atoms with Crippen molar-refractivity contribution in [2.45, 2.75) is 43.6 Å². The van der Waals surface area contributed by atoms with E-state index in [0.29, 0.717) is 13.2 Å². The monoisotopic (exact) mass is 289 g/mol.